The number of nitrogens with two attached hydrogens (primary N) is 1. The van der Waals surface area contributed by atoms with E-state index in [0.717, 1.165) is 38.9 Å². The summed E-state index contributed by atoms with van der Waals surface area (Å²) in [4.78, 5) is 16.3. The molecule has 5 nitrogen and oxygen atoms in total. The molecule has 1 amide bonds. The maximum Gasteiger partial charge on any atom is 0.237 e. The van der Waals surface area contributed by atoms with Crippen LogP contribution < -0.4 is 11.1 Å². The van der Waals surface area contributed by atoms with Crippen LogP contribution in [0.5, 0.6) is 0 Å². The average molecular weight is 298 g/mol. The summed E-state index contributed by atoms with van der Waals surface area (Å²) < 4.78 is 0. The Morgan fingerprint density at radius 2 is 1.76 bits per heavy atom. The van der Waals surface area contributed by atoms with Gasteiger partial charge in [0.1, 0.15) is 0 Å². The van der Waals surface area contributed by atoms with Crippen LogP contribution in [0.3, 0.4) is 0 Å². The second-order valence-corrected chi connectivity index (χ2v) is 7.03. The van der Waals surface area contributed by atoms with Gasteiger partial charge in [0.25, 0.3) is 0 Å². The minimum atomic E-state index is -0.523. The zero-order chi connectivity index (χ0) is 15.9. The number of nitrogens with zero attached hydrogens (tertiary/aromatic N) is 2. The number of amides is 1. The minimum Gasteiger partial charge on any atom is -0.368 e. The van der Waals surface area contributed by atoms with Crippen molar-refractivity contribution in [2.45, 2.75) is 57.0 Å². The molecule has 3 N–H and O–H groups in total. The maximum atomic E-state index is 11.7. The van der Waals surface area contributed by atoms with E-state index in [1.54, 1.807) is 0 Å². The van der Waals surface area contributed by atoms with E-state index in [1.165, 1.54) is 19.3 Å². The second kappa shape index (κ2) is 8.71. The van der Waals surface area contributed by atoms with Crippen molar-refractivity contribution in [2.75, 3.05) is 40.8 Å². The Labute approximate surface area is 130 Å². The molecule has 1 aliphatic rings. The molecule has 1 fully saturated rings. The van der Waals surface area contributed by atoms with Crippen LogP contribution in [0.15, 0.2) is 0 Å². The molecule has 0 spiro atoms. The molecule has 0 saturated heterocycles. The highest BCUT2D eigenvalue weighted by Gasteiger charge is 2.36. The smallest absolute Gasteiger partial charge is 0.237 e. The summed E-state index contributed by atoms with van der Waals surface area (Å²) in [5, 5.41) is 3.41. The van der Waals surface area contributed by atoms with Crippen molar-refractivity contribution in [3.63, 3.8) is 0 Å². The fourth-order valence-electron chi connectivity index (χ4n) is 2.57. The van der Waals surface area contributed by atoms with Crippen molar-refractivity contribution in [2.24, 2.45) is 5.73 Å². The van der Waals surface area contributed by atoms with Crippen molar-refractivity contribution in [3.05, 3.63) is 0 Å². The fraction of sp³-hybridized carbons (Fsp3) is 0.938. The van der Waals surface area contributed by atoms with Gasteiger partial charge in [-0.3, -0.25) is 4.79 Å². The van der Waals surface area contributed by atoms with Crippen LogP contribution in [-0.4, -0.2) is 68.1 Å². The van der Waals surface area contributed by atoms with Gasteiger partial charge in [0, 0.05) is 6.04 Å². The number of rotatable bonds is 12. The summed E-state index contributed by atoms with van der Waals surface area (Å²) in [6.45, 7) is 5.31. The molecule has 0 aromatic heterocycles. The fourth-order valence-corrected chi connectivity index (χ4v) is 2.57. The highest BCUT2D eigenvalue weighted by Crippen LogP contribution is 2.25. The van der Waals surface area contributed by atoms with E-state index in [1.807, 2.05) is 6.92 Å². The summed E-state index contributed by atoms with van der Waals surface area (Å²) in [7, 11) is 6.39. The van der Waals surface area contributed by atoms with Crippen molar-refractivity contribution in [1.82, 2.24) is 15.1 Å². The average Bonchev–Trinajstić information content (AvgIpc) is 3.18. The van der Waals surface area contributed by atoms with E-state index in [4.69, 9.17) is 5.73 Å². The van der Waals surface area contributed by atoms with Crippen molar-refractivity contribution < 1.29 is 4.79 Å². The Morgan fingerprint density at radius 3 is 2.29 bits per heavy atom. The number of carbonyl (C=O) groups is 1. The first-order valence-corrected chi connectivity index (χ1v) is 8.24. The van der Waals surface area contributed by atoms with E-state index in [-0.39, 0.29) is 5.91 Å². The number of hydrogen-bond acceptors (Lipinski definition) is 4. The van der Waals surface area contributed by atoms with Gasteiger partial charge < -0.3 is 20.9 Å². The third-order valence-corrected chi connectivity index (χ3v) is 4.26. The molecule has 124 valence electrons. The van der Waals surface area contributed by atoms with Gasteiger partial charge in [0.15, 0.2) is 0 Å². The minimum absolute atomic E-state index is 0.214. The van der Waals surface area contributed by atoms with Crippen molar-refractivity contribution >= 4 is 5.91 Å². The molecule has 1 rings (SSSR count). The molecular weight excluding hydrogens is 264 g/mol. The lowest BCUT2D eigenvalue weighted by Crippen LogP contribution is -2.54. The van der Waals surface area contributed by atoms with Gasteiger partial charge in [0.2, 0.25) is 5.91 Å². The monoisotopic (exact) mass is 298 g/mol. The third kappa shape index (κ3) is 7.79. The van der Waals surface area contributed by atoms with E-state index < -0.39 is 5.54 Å². The molecule has 1 aliphatic carbocycles. The quantitative estimate of drug-likeness (QED) is 0.529. The molecular formula is C16H34N4O. The molecule has 0 bridgehead atoms. The number of hydrogen-bond donors (Lipinski definition) is 2. The molecule has 0 aromatic rings. The lowest BCUT2D eigenvalue weighted by molar-refractivity contribution is -0.124. The Hall–Kier alpha value is -0.650. The number of carbonyl (C=O) groups excluding carboxylic acids is 1. The van der Waals surface area contributed by atoms with Gasteiger partial charge in [-0.1, -0.05) is 0 Å². The highest BCUT2D eigenvalue weighted by molar-refractivity contribution is 5.84. The number of nitrogens with one attached hydrogen (secondary N) is 1. The first-order chi connectivity index (χ1) is 9.83. The van der Waals surface area contributed by atoms with Crippen LogP contribution in [-0.2, 0) is 4.79 Å². The van der Waals surface area contributed by atoms with Crippen LogP contribution in [0.2, 0.25) is 0 Å². The van der Waals surface area contributed by atoms with Gasteiger partial charge in [-0.2, -0.15) is 0 Å². The van der Waals surface area contributed by atoms with E-state index in [0.29, 0.717) is 6.04 Å². The maximum absolute atomic E-state index is 11.7. The standard InChI is InChI=1S/C16H34N4O/c1-16(15(17)21,18-14-8-9-14)10-5-6-12-20(4)13-7-11-19(2)3/h14,18H,5-13H2,1-4H3,(H2,17,21). The first kappa shape index (κ1) is 18.4. The predicted octanol–water partition coefficient (Wildman–Crippen LogP) is 1.04. The van der Waals surface area contributed by atoms with Crippen LogP contribution in [0.1, 0.15) is 45.4 Å². The SMILES string of the molecule is CN(C)CCCN(C)CCCCC(C)(NC1CC1)C(N)=O. The molecule has 1 unspecified atom stereocenters. The van der Waals surface area contributed by atoms with Gasteiger partial charge >= 0.3 is 0 Å². The predicted molar refractivity (Wildman–Crippen MR) is 88.3 cm³/mol. The first-order valence-electron chi connectivity index (χ1n) is 8.24. The summed E-state index contributed by atoms with van der Waals surface area (Å²) in [5.41, 5.74) is 5.04. The Bertz CT molecular complexity index is 317. The second-order valence-electron chi connectivity index (χ2n) is 7.03. The van der Waals surface area contributed by atoms with Crippen LogP contribution in [0.25, 0.3) is 0 Å². The summed E-state index contributed by atoms with van der Waals surface area (Å²) in [6, 6.07) is 0.510. The molecule has 21 heavy (non-hydrogen) atoms. The Kier molecular flexibility index (Phi) is 7.63. The van der Waals surface area contributed by atoms with E-state index in [2.05, 4.69) is 36.3 Å². The summed E-state index contributed by atoms with van der Waals surface area (Å²) in [5.74, 6) is -0.214. The third-order valence-electron chi connectivity index (χ3n) is 4.26. The molecule has 1 saturated carbocycles. The van der Waals surface area contributed by atoms with Gasteiger partial charge in [-0.15, -0.1) is 0 Å². The van der Waals surface area contributed by atoms with Crippen molar-refractivity contribution in [3.8, 4) is 0 Å². The molecule has 5 heteroatoms. The summed E-state index contributed by atoms with van der Waals surface area (Å²) in [6.07, 6.45) is 6.55. The van der Waals surface area contributed by atoms with E-state index in [9.17, 15) is 4.79 Å². The summed E-state index contributed by atoms with van der Waals surface area (Å²) >= 11 is 0. The molecule has 0 aromatic carbocycles. The number of primary amides is 1. The van der Waals surface area contributed by atoms with Crippen LogP contribution in [0.4, 0.5) is 0 Å². The van der Waals surface area contributed by atoms with Crippen LogP contribution in [0, 0.1) is 0 Å². The molecule has 0 heterocycles. The van der Waals surface area contributed by atoms with E-state index >= 15 is 0 Å². The van der Waals surface area contributed by atoms with Crippen molar-refractivity contribution in [1.29, 1.82) is 0 Å². The molecule has 0 aliphatic heterocycles. The molecule has 0 radical (unpaired) electrons. The normalized spacial score (nSPS) is 18.2. The number of unbranched alkanes of at least 4 members (excludes halogenated alkanes) is 1. The van der Waals surface area contributed by atoms with Gasteiger partial charge in [-0.05, 0) is 86.2 Å². The largest absolute Gasteiger partial charge is 0.368 e. The zero-order valence-electron chi connectivity index (χ0n) is 14.3. The highest BCUT2D eigenvalue weighted by atomic mass is 16.1. The Balaban J connectivity index is 2.14. The lowest BCUT2D eigenvalue weighted by atomic mass is 9.93. The zero-order valence-corrected chi connectivity index (χ0v) is 14.3. The topological polar surface area (TPSA) is 61.6 Å². The van der Waals surface area contributed by atoms with Crippen LogP contribution >= 0.6 is 0 Å². The lowest BCUT2D eigenvalue weighted by Gasteiger charge is -2.28. The Morgan fingerprint density at radius 1 is 1.14 bits per heavy atom. The van der Waals surface area contributed by atoms with Gasteiger partial charge in [-0.25, -0.2) is 0 Å². The molecule has 1 atom stereocenters. The van der Waals surface area contributed by atoms with Gasteiger partial charge in [0.05, 0.1) is 5.54 Å².